The molecule has 5 heteroatoms. The number of aliphatic hydroxyl groups is 1. The first kappa shape index (κ1) is 14.4. The first-order valence-corrected chi connectivity index (χ1v) is 5.80. The average Bonchev–Trinajstić information content (AvgIpc) is 2.34. The Labute approximate surface area is 106 Å². The fourth-order valence-electron chi connectivity index (χ4n) is 1.32. The number of amides is 1. The van der Waals surface area contributed by atoms with Crippen LogP contribution in [0.5, 0.6) is 5.75 Å². The van der Waals surface area contributed by atoms with Crippen LogP contribution in [0.15, 0.2) is 24.3 Å². The van der Waals surface area contributed by atoms with Crippen molar-refractivity contribution in [3.63, 3.8) is 0 Å². The van der Waals surface area contributed by atoms with Crippen molar-refractivity contribution in [3.05, 3.63) is 30.1 Å². The highest BCUT2D eigenvalue weighted by Crippen LogP contribution is 2.15. The number of carbonyl (C=O) groups is 1. The van der Waals surface area contributed by atoms with Crippen molar-refractivity contribution < 1.29 is 19.0 Å². The van der Waals surface area contributed by atoms with E-state index in [0.717, 1.165) is 0 Å². The summed E-state index contributed by atoms with van der Waals surface area (Å²) in [6.45, 7) is 1.89. The van der Waals surface area contributed by atoms with Crippen LogP contribution >= 0.6 is 0 Å². The van der Waals surface area contributed by atoms with E-state index in [4.69, 9.17) is 9.84 Å². The first-order chi connectivity index (χ1) is 8.50. The van der Waals surface area contributed by atoms with Crippen LogP contribution in [0.3, 0.4) is 0 Å². The van der Waals surface area contributed by atoms with Crippen LogP contribution in [-0.2, 0) is 4.79 Å². The van der Waals surface area contributed by atoms with Gasteiger partial charge >= 0.3 is 0 Å². The van der Waals surface area contributed by atoms with Crippen molar-refractivity contribution in [2.24, 2.45) is 0 Å². The summed E-state index contributed by atoms with van der Waals surface area (Å²) in [5.74, 6) is -0.675. The molecule has 0 aliphatic heterocycles. The number of ether oxygens (including phenoxy) is 1. The van der Waals surface area contributed by atoms with E-state index in [1.807, 2.05) is 0 Å². The molecule has 1 unspecified atom stereocenters. The van der Waals surface area contributed by atoms with E-state index < -0.39 is 11.9 Å². The number of benzene rings is 1. The van der Waals surface area contributed by atoms with Gasteiger partial charge in [0.15, 0.2) is 18.2 Å². The molecule has 0 heterocycles. The molecule has 1 aromatic rings. The second kappa shape index (κ2) is 6.96. The average molecular weight is 255 g/mol. The zero-order valence-corrected chi connectivity index (χ0v) is 10.6. The lowest BCUT2D eigenvalue weighted by molar-refractivity contribution is -0.132. The Morgan fingerprint density at radius 1 is 1.50 bits per heavy atom. The molecule has 1 N–H and O–H groups in total. The maximum Gasteiger partial charge on any atom is 0.260 e. The third-order valence-electron chi connectivity index (χ3n) is 2.50. The van der Waals surface area contributed by atoms with Crippen molar-refractivity contribution in [1.82, 2.24) is 4.90 Å². The Hall–Kier alpha value is -1.62. The minimum atomic E-state index is -0.489. The summed E-state index contributed by atoms with van der Waals surface area (Å²) in [6.07, 6.45) is 0.0508. The fourth-order valence-corrected chi connectivity index (χ4v) is 1.32. The van der Waals surface area contributed by atoms with Gasteiger partial charge in [0.1, 0.15) is 0 Å². The molecule has 0 saturated carbocycles. The van der Waals surface area contributed by atoms with E-state index >= 15 is 0 Å². The predicted octanol–water partition coefficient (Wildman–Crippen LogP) is 1.43. The monoisotopic (exact) mass is 255 g/mol. The largest absolute Gasteiger partial charge is 0.481 e. The maximum atomic E-state index is 13.2. The predicted molar refractivity (Wildman–Crippen MR) is 65.8 cm³/mol. The summed E-state index contributed by atoms with van der Waals surface area (Å²) < 4.78 is 18.3. The number of carbonyl (C=O) groups excluding carboxylic acids is 1. The molecule has 0 radical (unpaired) electrons. The number of nitrogens with zero attached hydrogens (tertiary/aromatic N) is 1. The molecule has 1 atom stereocenters. The third-order valence-corrected chi connectivity index (χ3v) is 2.50. The Kier molecular flexibility index (Phi) is 5.58. The lowest BCUT2D eigenvalue weighted by atomic mass is 10.3. The SMILES string of the molecule is CC(O)CCN(C)C(=O)COc1ccccc1F. The van der Waals surface area contributed by atoms with Gasteiger partial charge in [-0.05, 0) is 25.5 Å². The van der Waals surface area contributed by atoms with Gasteiger partial charge in [0.2, 0.25) is 0 Å². The molecule has 0 aliphatic rings. The summed E-state index contributed by atoms with van der Waals surface area (Å²) in [4.78, 5) is 13.1. The topological polar surface area (TPSA) is 49.8 Å². The molecule has 1 amide bonds. The van der Waals surface area contributed by atoms with Crippen LogP contribution in [0.2, 0.25) is 0 Å². The molecule has 0 aliphatic carbocycles. The third kappa shape index (κ3) is 4.71. The van der Waals surface area contributed by atoms with Crippen molar-refractivity contribution >= 4 is 5.91 Å². The lowest BCUT2D eigenvalue weighted by Gasteiger charge is -2.18. The second-order valence-corrected chi connectivity index (χ2v) is 4.17. The van der Waals surface area contributed by atoms with Crippen LogP contribution in [-0.4, -0.2) is 42.2 Å². The molecule has 1 aromatic carbocycles. The molecule has 0 bridgehead atoms. The quantitative estimate of drug-likeness (QED) is 0.836. The molecule has 1 rings (SSSR count). The minimum absolute atomic E-state index is 0.0646. The van der Waals surface area contributed by atoms with Crippen molar-refractivity contribution in [2.45, 2.75) is 19.4 Å². The van der Waals surface area contributed by atoms with Gasteiger partial charge in [0.05, 0.1) is 6.10 Å². The van der Waals surface area contributed by atoms with Gasteiger partial charge < -0.3 is 14.7 Å². The molecule has 0 saturated heterocycles. The van der Waals surface area contributed by atoms with E-state index in [9.17, 15) is 9.18 Å². The molecule has 18 heavy (non-hydrogen) atoms. The van der Waals surface area contributed by atoms with Crippen molar-refractivity contribution in [2.75, 3.05) is 20.2 Å². The zero-order valence-electron chi connectivity index (χ0n) is 10.6. The summed E-state index contributed by atoms with van der Waals surface area (Å²) in [5, 5.41) is 9.11. The number of hydrogen-bond acceptors (Lipinski definition) is 3. The van der Waals surface area contributed by atoms with Crippen molar-refractivity contribution in [3.8, 4) is 5.75 Å². The van der Waals surface area contributed by atoms with E-state index in [2.05, 4.69) is 0 Å². The van der Waals surface area contributed by atoms with Gasteiger partial charge in [-0.1, -0.05) is 12.1 Å². The van der Waals surface area contributed by atoms with Gasteiger partial charge in [-0.3, -0.25) is 4.79 Å². The van der Waals surface area contributed by atoms with E-state index in [0.29, 0.717) is 13.0 Å². The summed E-state index contributed by atoms with van der Waals surface area (Å²) in [6, 6.07) is 5.94. The summed E-state index contributed by atoms with van der Waals surface area (Å²) in [7, 11) is 1.62. The number of aliphatic hydroxyl groups excluding tert-OH is 1. The molecular weight excluding hydrogens is 237 g/mol. The van der Waals surface area contributed by atoms with Crippen molar-refractivity contribution in [1.29, 1.82) is 0 Å². The molecule has 0 aromatic heterocycles. The van der Waals surface area contributed by atoms with E-state index in [1.54, 1.807) is 26.1 Å². The Morgan fingerprint density at radius 3 is 2.78 bits per heavy atom. The highest BCUT2D eigenvalue weighted by molar-refractivity contribution is 5.77. The number of para-hydroxylation sites is 1. The van der Waals surface area contributed by atoms with E-state index in [1.165, 1.54) is 17.0 Å². The van der Waals surface area contributed by atoms with Gasteiger partial charge in [0.25, 0.3) is 5.91 Å². The van der Waals surface area contributed by atoms with Crippen LogP contribution in [0, 0.1) is 5.82 Å². The Bertz CT molecular complexity index is 396. The lowest BCUT2D eigenvalue weighted by Crippen LogP contribution is -2.33. The molecular formula is C13H18FNO3. The summed E-state index contributed by atoms with van der Waals surface area (Å²) in [5.41, 5.74) is 0. The fraction of sp³-hybridized carbons (Fsp3) is 0.462. The highest BCUT2D eigenvalue weighted by atomic mass is 19.1. The number of likely N-dealkylation sites (N-methyl/N-ethyl adjacent to an activating group) is 1. The Balaban J connectivity index is 2.39. The van der Waals surface area contributed by atoms with Gasteiger partial charge in [-0.15, -0.1) is 0 Å². The van der Waals surface area contributed by atoms with Crippen LogP contribution in [0.25, 0.3) is 0 Å². The van der Waals surface area contributed by atoms with Crippen LogP contribution in [0.4, 0.5) is 4.39 Å². The number of rotatable bonds is 6. The normalized spacial score (nSPS) is 12.0. The second-order valence-electron chi connectivity index (χ2n) is 4.17. The first-order valence-electron chi connectivity index (χ1n) is 5.80. The van der Waals surface area contributed by atoms with Crippen LogP contribution < -0.4 is 4.74 Å². The van der Waals surface area contributed by atoms with Gasteiger partial charge in [-0.2, -0.15) is 0 Å². The Morgan fingerprint density at radius 2 is 2.17 bits per heavy atom. The molecule has 100 valence electrons. The van der Waals surface area contributed by atoms with Gasteiger partial charge in [0, 0.05) is 13.6 Å². The summed E-state index contributed by atoms with van der Waals surface area (Å²) >= 11 is 0. The molecule has 0 spiro atoms. The maximum absolute atomic E-state index is 13.2. The smallest absolute Gasteiger partial charge is 0.260 e. The molecule has 4 nitrogen and oxygen atoms in total. The van der Waals surface area contributed by atoms with Gasteiger partial charge in [-0.25, -0.2) is 4.39 Å². The van der Waals surface area contributed by atoms with Crippen LogP contribution in [0.1, 0.15) is 13.3 Å². The zero-order chi connectivity index (χ0) is 13.5. The molecule has 0 fully saturated rings. The standard InChI is InChI=1S/C13H18FNO3/c1-10(16)7-8-15(2)13(17)9-18-12-6-4-3-5-11(12)14/h3-6,10,16H,7-9H2,1-2H3. The highest BCUT2D eigenvalue weighted by Gasteiger charge is 2.11. The number of halogens is 1. The minimum Gasteiger partial charge on any atom is -0.481 e. The van der Waals surface area contributed by atoms with E-state index in [-0.39, 0.29) is 18.3 Å². The number of hydrogen-bond donors (Lipinski definition) is 1.